The van der Waals surface area contributed by atoms with Crippen molar-refractivity contribution < 1.29 is 9.90 Å². The van der Waals surface area contributed by atoms with Crippen molar-refractivity contribution in [1.82, 2.24) is 20.0 Å². The maximum absolute atomic E-state index is 10.8. The number of carboxylic acids is 1. The van der Waals surface area contributed by atoms with E-state index >= 15 is 0 Å². The van der Waals surface area contributed by atoms with Crippen LogP contribution < -0.4 is 0 Å². The van der Waals surface area contributed by atoms with Crippen molar-refractivity contribution in [2.24, 2.45) is 0 Å². The maximum atomic E-state index is 10.8. The normalized spacial score (nSPS) is 10.4. The van der Waals surface area contributed by atoms with E-state index in [0.29, 0.717) is 11.4 Å². The van der Waals surface area contributed by atoms with E-state index in [0.717, 1.165) is 5.56 Å². The molecule has 0 amide bonds. The summed E-state index contributed by atoms with van der Waals surface area (Å²) >= 11 is 0. The van der Waals surface area contributed by atoms with Gasteiger partial charge in [0.15, 0.2) is 5.69 Å². The molecule has 6 nitrogen and oxygen atoms in total. The number of aromatic nitrogens is 4. The molecule has 2 aromatic rings. The average molecular weight is 218 g/mol. The molecule has 0 aliphatic heterocycles. The van der Waals surface area contributed by atoms with Crippen molar-refractivity contribution in [2.45, 2.75) is 13.8 Å². The smallest absolute Gasteiger partial charge is 0.358 e. The van der Waals surface area contributed by atoms with Gasteiger partial charge in [-0.05, 0) is 25.5 Å². The third-order valence-electron chi connectivity index (χ3n) is 2.20. The second-order valence-electron chi connectivity index (χ2n) is 3.46. The number of aromatic carboxylic acids is 1. The molecule has 6 heteroatoms. The summed E-state index contributed by atoms with van der Waals surface area (Å²) in [7, 11) is 0. The molecule has 2 rings (SSSR count). The van der Waals surface area contributed by atoms with Gasteiger partial charge in [-0.1, -0.05) is 5.21 Å². The van der Waals surface area contributed by atoms with E-state index in [2.05, 4.69) is 15.3 Å². The fraction of sp³-hybridized carbons (Fsp3) is 0.200. The number of hydrogen-bond donors (Lipinski definition) is 1. The van der Waals surface area contributed by atoms with E-state index in [1.165, 1.54) is 4.68 Å². The minimum atomic E-state index is -1.08. The molecular formula is C10H10N4O2. The van der Waals surface area contributed by atoms with Crippen molar-refractivity contribution in [3.8, 4) is 5.69 Å². The van der Waals surface area contributed by atoms with Crippen LogP contribution in [0.2, 0.25) is 0 Å². The number of nitrogens with zero attached hydrogens (tertiary/aromatic N) is 4. The molecule has 0 unspecified atom stereocenters. The van der Waals surface area contributed by atoms with Crippen LogP contribution in [0.1, 0.15) is 21.7 Å². The maximum Gasteiger partial charge on any atom is 0.358 e. The van der Waals surface area contributed by atoms with Crippen LogP contribution in [0.4, 0.5) is 0 Å². The van der Waals surface area contributed by atoms with Gasteiger partial charge < -0.3 is 5.11 Å². The van der Waals surface area contributed by atoms with Crippen molar-refractivity contribution in [1.29, 1.82) is 0 Å². The van der Waals surface area contributed by atoms with E-state index in [-0.39, 0.29) is 5.69 Å². The quantitative estimate of drug-likeness (QED) is 0.812. The Bertz CT molecular complexity index is 548. The first-order valence-electron chi connectivity index (χ1n) is 4.67. The van der Waals surface area contributed by atoms with Gasteiger partial charge in [0.05, 0.1) is 17.6 Å². The third-order valence-corrected chi connectivity index (χ3v) is 2.20. The van der Waals surface area contributed by atoms with Crippen LogP contribution in [0.3, 0.4) is 0 Å². The molecule has 0 bridgehead atoms. The lowest BCUT2D eigenvalue weighted by Crippen LogP contribution is -2.03. The van der Waals surface area contributed by atoms with Crippen molar-refractivity contribution >= 4 is 5.97 Å². The van der Waals surface area contributed by atoms with Gasteiger partial charge in [0.25, 0.3) is 0 Å². The number of pyridine rings is 1. The molecule has 82 valence electrons. The van der Waals surface area contributed by atoms with Crippen LogP contribution in [0.15, 0.2) is 18.5 Å². The second kappa shape index (κ2) is 3.73. The molecule has 0 fully saturated rings. The molecule has 0 spiro atoms. The Balaban J connectivity index is 2.53. The second-order valence-corrected chi connectivity index (χ2v) is 3.46. The topological polar surface area (TPSA) is 80.9 Å². The lowest BCUT2D eigenvalue weighted by atomic mass is 10.3. The summed E-state index contributed by atoms with van der Waals surface area (Å²) in [5, 5.41) is 16.3. The van der Waals surface area contributed by atoms with Gasteiger partial charge in [0, 0.05) is 6.20 Å². The van der Waals surface area contributed by atoms with Crippen molar-refractivity contribution in [2.75, 3.05) is 0 Å². The highest BCUT2D eigenvalue weighted by atomic mass is 16.4. The van der Waals surface area contributed by atoms with E-state index in [1.54, 1.807) is 19.3 Å². The van der Waals surface area contributed by atoms with Crippen LogP contribution in [0.5, 0.6) is 0 Å². The molecule has 2 heterocycles. The largest absolute Gasteiger partial charge is 0.476 e. The molecule has 0 radical (unpaired) electrons. The summed E-state index contributed by atoms with van der Waals surface area (Å²) in [6.07, 6.45) is 3.33. The number of rotatable bonds is 2. The highest BCUT2D eigenvalue weighted by Gasteiger charge is 2.15. The highest BCUT2D eigenvalue weighted by molar-refractivity contribution is 5.86. The summed E-state index contributed by atoms with van der Waals surface area (Å²) in [4.78, 5) is 14.8. The van der Waals surface area contributed by atoms with Crippen molar-refractivity contribution in [3.05, 3.63) is 35.4 Å². The summed E-state index contributed by atoms with van der Waals surface area (Å²) in [6, 6.07) is 1.86. The van der Waals surface area contributed by atoms with Gasteiger partial charge in [0.2, 0.25) is 0 Å². The predicted octanol–water partition coefficient (Wildman–Crippen LogP) is 0.977. The number of carboxylic acid groups (broad SMARTS) is 1. The third kappa shape index (κ3) is 1.65. The standard InChI is InChI=1S/C10H10N4O2/c1-6-3-8(5-11-4-6)14-7(2)9(10(15)16)12-13-14/h3-5H,1-2H3,(H,15,16). The fourth-order valence-corrected chi connectivity index (χ4v) is 1.43. The van der Waals surface area contributed by atoms with E-state index < -0.39 is 5.97 Å². The van der Waals surface area contributed by atoms with Gasteiger partial charge in [-0.2, -0.15) is 0 Å². The SMILES string of the molecule is Cc1cncc(-n2nnc(C(=O)O)c2C)c1. The lowest BCUT2D eigenvalue weighted by Gasteiger charge is -2.02. The first-order chi connectivity index (χ1) is 7.59. The first-order valence-corrected chi connectivity index (χ1v) is 4.67. The molecule has 0 aliphatic carbocycles. The molecule has 0 aromatic carbocycles. The molecule has 0 atom stereocenters. The molecule has 2 aromatic heterocycles. The average Bonchev–Trinajstić information content (AvgIpc) is 2.60. The minimum Gasteiger partial charge on any atom is -0.476 e. The van der Waals surface area contributed by atoms with Crippen LogP contribution in [-0.4, -0.2) is 31.1 Å². The molecule has 0 saturated heterocycles. The number of carbonyl (C=O) groups is 1. The number of aryl methyl sites for hydroxylation is 1. The zero-order chi connectivity index (χ0) is 11.7. The zero-order valence-electron chi connectivity index (χ0n) is 8.88. The van der Waals surface area contributed by atoms with E-state index in [9.17, 15) is 4.79 Å². The Morgan fingerprint density at radius 3 is 2.69 bits per heavy atom. The minimum absolute atomic E-state index is 0.0403. The van der Waals surface area contributed by atoms with Gasteiger partial charge in [0.1, 0.15) is 0 Å². The Morgan fingerprint density at radius 2 is 2.12 bits per heavy atom. The Morgan fingerprint density at radius 1 is 1.38 bits per heavy atom. The van der Waals surface area contributed by atoms with Crippen molar-refractivity contribution in [3.63, 3.8) is 0 Å². The Labute approximate surface area is 91.6 Å². The van der Waals surface area contributed by atoms with Gasteiger partial charge in [-0.15, -0.1) is 5.10 Å². The highest BCUT2D eigenvalue weighted by Crippen LogP contribution is 2.12. The predicted molar refractivity (Wildman–Crippen MR) is 55.6 cm³/mol. The van der Waals surface area contributed by atoms with Crippen LogP contribution >= 0.6 is 0 Å². The fourth-order valence-electron chi connectivity index (χ4n) is 1.43. The summed E-state index contributed by atoms with van der Waals surface area (Å²) in [6.45, 7) is 3.56. The monoisotopic (exact) mass is 218 g/mol. The summed E-state index contributed by atoms with van der Waals surface area (Å²) < 4.78 is 1.46. The molecular weight excluding hydrogens is 208 g/mol. The van der Waals surface area contributed by atoms with Gasteiger partial charge in [-0.3, -0.25) is 4.98 Å². The Kier molecular flexibility index (Phi) is 2.40. The molecule has 0 saturated carbocycles. The number of hydrogen-bond acceptors (Lipinski definition) is 4. The molecule has 0 aliphatic rings. The molecule has 1 N–H and O–H groups in total. The summed E-state index contributed by atoms with van der Waals surface area (Å²) in [5.74, 6) is -1.08. The van der Waals surface area contributed by atoms with Gasteiger partial charge in [-0.25, -0.2) is 9.48 Å². The van der Waals surface area contributed by atoms with Gasteiger partial charge >= 0.3 is 5.97 Å². The van der Waals surface area contributed by atoms with Crippen LogP contribution in [0.25, 0.3) is 5.69 Å². The Hall–Kier alpha value is -2.24. The summed E-state index contributed by atoms with van der Waals surface area (Å²) in [5.41, 5.74) is 2.13. The van der Waals surface area contributed by atoms with E-state index in [4.69, 9.17) is 5.11 Å². The molecule has 16 heavy (non-hydrogen) atoms. The van der Waals surface area contributed by atoms with Crippen LogP contribution in [-0.2, 0) is 0 Å². The lowest BCUT2D eigenvalue weighted by molar-refractivity contribution is 0.0689. The van der Waals surface area contributed by atoms with Crippen LogP contribution in [0, 0.1) is 13.8 Å². The zero-order valence-corrected chi connectivity index (χ0v) is 8.88. The first kappa shape index (κ1) is 10.3. The van der Waals surface area contributed by atoms with E-state index in [1.807, 2.05) is 13.0 Å².